The van der Waals surface area contributed by atoms with Crippen molar-refractivity contribution in [2.24, 2.45) is 0 Å². The third-order valence-corrected chi connectivity index (χ3v) is 3.83. The smallest absolute Gasteiger partial charge is 0.133 e. The summed E-state index contributed by atoms with van der Waals surface area (Å²) in [7, 11) is 3.59. The molecule has 1 heterocycles. The molecular formula is C17H23N3O. The second-order valence-electron chi connectivity index (χ2n) is 5.48. The minimum Gasteiger partial charge on any atom is -0.496 e. The molecule has 0 aliphatic heterocycles. The van der Waals surface area contributed by atoms with Crippen molar-refractivity contribution in [1.29, 1.82) is 0 Å². The highest BCUT2D eigenvalue weighted by molar-refractivity contribution is 5.76. The number of aryl methyl sites for hydroxylation is 1. The fourth-order valence-corrected chi connectivity index (χ4v) is 2.60. The van der Waals surface area contributed by atoms with Crippen molar-refractivity contribution < 1.29 is 4.74 Å². The van der Waals surface area contributed by atoms with Gasteiger partial charge in [0.05, 0.1) is 12.8 Å². The van der Waals surface area contributed by atoms with Gasteiger partial charge >= 0.3 is 0 Å². The van der Waals surface area contributed by atoms with Crippen LogP contribution in [0.4, 0.5) is 5.82 Å². The third-order valence-electron chi connectivity index (χ3n) is 3.83. The Kier molecular flexibility index (Phi) is 4.46. The highest BCUT2D eigenvalue weighted by atomic mass is 16.5. The standard InChI is InChI=1S/C17H23N3O/c1-10(2)14-15(19-9-20-17(14)18-5)13-8-7-11(3)12(4)16(13)21-6/h7-10H,1-6H3,(H,18,19,20). The van der Waals surface area contributed by atoms with Crippen LogP contribution in [-0.2, 0) is 0 Å². The fourth-order valence-electron chi connectivity index (χ4n) is 2.60. The van der Waals surface area contributed by atoms with Crippen molar-refractivity contribution in [3.8, 4) is 17.0 Å². The topological polar surface area (TPSA) is 47.0 Å². The zero-order valence-corrected chi connectivity index (χ0v) is 13.6. The Labute approximate surface area is 126 Å². The first kappa shape index (κ1) is 15.3. The van der Waals surface area contributed by atoms with Gasteiger partial charge in [0, 0.05) is 18.2 Å². The van der Waals surface area contributed by atoms with E-state index in [1.54, 1.807) is 13.4 Å². The van der Waals surface area contributed by atoms with Gasteiger partial charge in [0.2, 0.25) is 0 Å². The number of methoxy groups -OCH3 is 1. The van der Waals surface area contributed by atoms with Gasteiger partial charge in [0.25, 0.3) is 0 Å². The number of nitrogens with one attached hydrogen (secondary N) is 1. The lowest BCUT2D eigenvalue weighted by Crippen LogP contribution is -2.06. The zero-order chi connectivity index (χ0) is 15.6. The average Bonchev–Trinajstić information content (AvgIpc) is 2.48. The van der Waals surface area contributed by atoms with Crippen LogP contribution < -0.4 is 10.1 Å². The van der Waals surface area contributed by atoms with Crippen LogP contribution in [0.15, 0.2) is 18.5 Å². The lowest BCUT2D eigenvalue weighted by Gasteiger charge is -2.19. The van der Waals surface area contributed by atoms with Crippen molar-refractivity contribution in [2.45, 2.75) is 33.6 Å². The lowest BCUT2D eigenvalue weighted by molar-refractivity contribution is 0.412. The molecule has 1 N–H and O–H groups in total. The summed E-state index contributed by atoms with van der Waals surface area (Å²) in [5.41, 5.74) is 5.42. The molecule has 0 radical (unpaired) electrons. The van der Waals surface area contributed by atoms with E-state index in [0.29, 0.717) is 5.92 Å². The monoisotopic (exact) mass is 285 g/mol. The Morgan fingerprint density at radius 1 is 1.14 bits per heavy atom. The molecule has 0 aliphatic carbocycles. The molecule has 2 rings (SSSR count). The van der Waals surface area contributed by atoms with E-state index in [2.05, 4.69) is 55.1 Å². The molecule has 0 spiro atoms. The van der Waals surface area contributed by atoms with Gasteiger partial charge < -0.3 is 10.1 Å². The van der Waals surface area contributed by atoms with Crippen LogP contribution in [0.5, 0.6) is 5.75 Å². The summed E-state index contributed by atoms with van der Waals surface area (Å²) in [6.07, 6.45) is 1.60. The first-order chi connectivity index (χ1) is 10.0. The lowest BCUT2D eigenvalue weighted by atomic mass is 9.94. The normalized spacial score (nSPS) is 10.8. The molecule has 112 valence electrons. The molecule has 2 aromatic rings. The van der Waals surface area contributed by atoms with Gasteiger partial charge in [-0.3, -0.25) is 0 Å². The maximum Gasteiger partial charge on any atom is 0.133 e. The molecule has 4 nitrogen and oxygen atoms in total. The van der Waals surface area contributed by atoms with Gasteiger partial charge in [-0.1, -0.05) is 19.9 Å². The van der Waals surface area contributed by atoms with Gasteiger partial charge in [-0.15, -0.1) is 0 Å². The van der Waals surface area contributed by atoms with E-state index in [4.69, 9.17) is 4.74 Å². The largest absolute Gasteiger partial charge is 0.496 e. The molecule has 1 aromatic carbocycles. The predicted octanol–water partition coefficient (Wildman–Crippen LogP) is 3.93. The Hall–Kier alpha value is -2.10. The van der Waals surface area contributed by atoms with E-state index >= 15 is 0 Å². The van der Waals surface area contributed by atoms with Crippen LogP contribution in [0, 0.1) is 13.8 Å². The summed E-state index contributed by atoms with van der Waals surface area (Å²) in [6.45, 7) is 8.46. The van der Waals surface area contributed by atoms with E-state index in [1.165, 1.54) is 5.56 Å². The van der Waals surface area contributed by atoms with Crippen LogP contribution >= 0.6 is 0 Å². The molecule has 0 amide bonds. The summed E-state index contributed by atoms with van der Waals surface area (Å²) in [6, 6.07) is 4.19. The van der Waals surface area contributed by atoms with Gasteiger partial charge in [0.1, 0.15) is 17.9 Å². The number of ether oxygens (including phenoxy) is 1. The highest BCUT2D eigenvalue weighted by Crippen LogP contribution is 2.38. The van der Waals surface area contributed by atoms with Gasteiger partial charge in [-0.05, 0) is 37.0 Å². The third kappa shape index (κ3) is 2.71. The maximum absolute atomic E-state index is 5.64. The first-order valence-electron chi connectivity index (χ1n) is 7.18. The molecule has 21 heavy (non-hydrogen) atoms. The van der Waals surface area contributed by atoms with E-state index < -0.39 is 0 Å². The van der Waals surface area contributed by atoms with Gasteiger partial charge in [-0.25, -0.2) is 9.97 Å². The fraction of sp³-hybridized carbons (Fsp3) is 0.412. The summed E-state index contributed by atoms with van der Waals surface area (Å²) in [5.74, 6) is 2.07. The second kappa shape index (κ2) is 6.12. The second-order valence-corrected chi connectivity index (χ2v) is 5.48. The summed E-state index contributed by atoms with van der Waals surface area (Å²) in [5, 5.41) is 3.16. The van der Waals surface area contributed by atoms with E-state index in [9.17, 15) is 0 Å². The minimum absolute atomic E-state index is 0.315. The molecule has 0 unspecified atom stereocenters. The number of rotatable bonds is 4. The van der Waals surface area contributed by atoms with Gasteiger partial charge in [-0.2, -0.15) is 0 Å². The molecule has 1 aromatic heterocycles. The van der Waals surface area contributed by atoms with Crippen molar-refractivity contribution in [3.63, 3.8) is 0 Å². The Balaban J connectivity index is 2.76. The maximum atomic E-state index is 5.64. The number of aromatic nitrogens is 2. The Morgan fingerprint density at radius 3 is 2.43 bits per heavy atom. The highest BCUT2D eigenvalue weighted by Gasteiger charge is 2.19. The predicted molar refractivity (Wildman–Crippen MR) is 87.1 cm³/mol. The van der Waals surface area contributed by atoms with Crippen LogP contribution in [0.25, 0.3) is 11.3 Å². The van der Waals surface area contributed by atoms with Crippen molar-refractivity contribution in [3.05, 3.63) is 35.2 Å². The van der Waals surface area contributed by atoms with Crippen molar-refractivity contribution in [1.82, 2.24) is 9.97 Å². The summed E-state index contributed by atoms with van der Waals surface area (Å²) >= 11 is 0. The zero-order valence-electron chi connectivity index (χ0n) is 13.6. The first-order valence-corrected chi connectivity index (χ1v) is 7.18. The van der Waals surface area contributed by atoms with Crippen LogP contribution in [0.1, 0.15) is 36.5 Å². The van der Waals surface area contributed by atoms with Crippen LogP contribution in [0.2, 0.25) is 0 Å². The van der Waals surface area contributed by atoms with E-state index in [1.807, 2.05) is 7.05 Å². The SMILES string of the molecule is CNc1ncnc(-c2ccc(C)c(C)c2OC)c1C(C)C. The molecule has 0 atom stereocenters. The molecular weight excluding hydrogens is 262 g/mol. The Morgan fingerprint density at radius 2 is 1.86 bits per heavy atom. The molecule has 0 bridgehead atoms. The Bertz CT molecular complexity index is 651. The van der Waals surface area contributed by atoms with E-state index in [-0.39, 0.29) is 0 Å². The quantitative estimate of drug-likeness (QED) is 0.924. The summed E-state index contributed by atoms with van der Waals surface area (Å²) in [4.78, 5) is 8.86. The van der Waals surface area contributed by atoms with E-state index in [0.717, 1.165) is 34.0 Å². The average molecular weight is 285 g/mol. The number of anilines is 1. The molecule has 0 aliphatic rings. The number of benzene rings is 1. The molecule has 0 saturated heterocycles. The minimum atomic E-state index is 0.315. The van der Waals surface area contributed by atoms with Crippen molar-refractivity contribution in [2.75, 3.05) is 19.5 Å². The number of hydrogen-bond donors (Lipinski definition) is 1. The van der Waals surface area contributed by atoms with Crippen LogP contribution in [-0.4, -0.2) is 24.1 Å². The van der Waals surface area contributed by atoms with Crippen molar-refractivity contribution >= 4 is 5.82 Å². The summed E-state index contributed by atoms with van der Waals surface area (Å²) < 4.78 is 5.64. The molecule has 0 saturated carbocycles. The number of nitrogens with zero attached hydrogens (tertiary/aromatic N) is 2. The molecule has 0 fully saturated rings. The van der Waals surface area contributed by atoms with Crippen LogP contribution in [0.3, 0.4) is 0 Å². The number of hydrogen-bond acceptors (Lipinski definition) is 4. The van der Waals surface area contributed by atoms with Gasteiger partial charge in [0.15, 0.2) is 0 Å². The molecule has 4 heteroatoms.